The maximum Gasteiger partial charge on any atom is 0.254 e. The fraction of sp³-hybridized carbons (Fsp3) is 0.333. The molecule has 0 aliphatic carbocycles. The van der Waals surface area contributed by atoms with Gasteiger partial charge >= 0.3 is 0 Å². The quantitative estimate of drug-likeness (QED) is 0.909. The Morgan fingerprint density at radius 3 is 2.53 bits per heavy atom. The lowest BCUT2D eigenvalue weighted by Gasteiger charge is -2.11. The van der Waals surface area contributed by atoms with Gasteiger partial charge in [-0.3, -0.25) is 4.79 Å². The van der Waals surface area contributed by atoms with Crippen LogP contribution in [-0.4, -0.2) is 35.5 Å². The number of nitrogens with one attached hydrogen (secondary N) is 1. The molecule has 0 atom stereocenters. The minimum Gasteiger partial charge on any atom is -0.310 e. The molecular formula is C15H19N3O. The summed E-state index contributed by atoms with van der Waals surface area (Å²) >= 11 is 0. The van der Waals surface area contributed by atoms with Crippen LogP contribution < -0.4 is 5.56 Å². The number of nitrogens with zero attached hydrogens (tertiary/aromatic N) is 2. The summed E-state index contributed by atoms with van der Waals surface area (Å²) in [5.41, 5.74) is 2.37. The van der Waals surface area contributed by atoms with Gasteiger partial charge in [0.25, 0.3) is 5.56 Å². The molecule has 0 spiro atoms. The van der Waals surface area contributed by atoms with Crippen molar-refractivity contribution in [3.05, 3.63) is 52.1 Å². The van der Waals surface area contributed by atoms with Gasteiger partial charge in [-0.25, -0.2) is 4.98 Å². The molecule has 100 valence electrons. The number of likely N-dealkylation sites (N-methyl/N-ethyl adjacent to an activating group) is 1. The number of rotatable bonds is 4. The van der Waals surface area contributed by atoms with Crippen molar-refractivity contribution >= 4 is 0 Å². The number of hydrogen-bond donors (Lipinski definition) is 1. The van der Waals surface area contributed by atoms with E-state index in [9.17, 15) is 4.79 Å². The zero-order valence-electron chi connectivity index (χ0n) is 11.6. The second-order valence-electron chi connectivity index (χ2n) is 4.91. The van der Waals surface area contributed by atoms with Crippen LogP contribution in [0.5, 0.6) is 0 Å². The van der Waals surface area contributed by atoms with Gasteiger partial charge < -0.3 is 9.88 Å². The van der Waals surface area contributed by atoms with Gasteiger partial charge in [0.05, 0.1) is 5.69 Å². The average molecular weight is 257 g/mol. The van der Waals surface area contributed by atoms with Gasteiger partial charge in [-0.05, 0) is 21.0 Å². The smallest absolute Gasteiger partial charge is 0.254 e. The Morgan fingerprint density at radius 2 is 1.89 bits per heavy atom. The van der Waals surface area contributed by atoms with Crippen LogP contribution in [-0.2, 0) is 6.42 Å². The lowest BCUT2D eigenvalue weighted by molar-refractivity contribution is 0.409. The summed E-state index contributed by atoms with van der Waals surface area (Å²) in [4.78, 5) is 21.5. The van der Waals surface area contributed by atoms with Crippen LogP contribution in [0, 0.1) is 6.92 Å². The van der Waals surface area contributed by atoms with Crippen molar-refractivity contribution in [1.29, 1.82) is 0 Å². The Labute approximate surface area is 113 Å². The summed E-state index contributed by atoms with van der Waals surface area (Å²) in [5, 5.41) is 0. The van der Waals surface area contributed by atoms with Gasteiger partial charge in [0.1, 0.15) is 5.82 Å². The molecule has 0 radical (unpaired) electrons. The number of H-pyrrole nitrogens is 1. The molecular weight excluding hydrogens is 238 g/mol. The molecule has 1 aromatic heterocycles. The Hall–Kier alpha value is -1.94. The molecule has 1 heterocycles. The highest BCUT2D eigenvalue weighted by Gasteiger charge is 2.09. The first kappa shape index (κ1) is 13.5. The number of hydrogen-bond acceptors (Lipinski definition) is 3. The molecule has 0 unspecified atom stereocenters. The molecule has 1 aromatic carbocycles. The fourth-order valence-corrected chi connectivity index (χ4v) is 1.90. The lowest BCUT2D eigenvalue weighted by Crippen LogP contribution is -2.21. The van der Waals surface area contributed by atoms with Gasteiger partial charge in [-0.2, -0.15) is 0 Å². The Morgan fingerprint density at radius 1 is 1.21 bits per heavy atom. The highest BCUT2D eigenvalue weighted by Crippen LogP contribution is 2.18. The number of benzene rings is 1. The van der Waals surface area contributed by atoms with E-state index in [-0.39, 0.29) is 5.56 Å². The summed E-state index contributed by atoms with van der Waals surface area (Å²) in [7, 11) is 4.01. The average Bonchev–Trinajstić information content (AvgIpc) is 2.41. The van der Waals surface area contributed by atoms with Crippen LogP contribution >= 0.6 is 0 Å². The third-order valence-electron chi connectivity index (χ3n) is 3.04. The van der Waals surface area contributed by atoms with E-state index in [0.29, 0.717) is 5.56 Å². The molecule has 2 aromatic rings. The summed E-state index contributed by atoms with van der Waals surface area (Å²) in [6.07, 6.45) is 0.738. The molecule has 0 saturated heterocycles. The Bertz CT molecular complexity index is 603. The van der Waals surface area contributed by atoms with Crippen LogP contribution in [0.15, 0.2) is 35.1 Å². The predicted molar refractivity (Wildman–Crippen MR) is 77.3 cm³/mol. The molecule has 19 heavy (non-hydrogen) atoms. The molecule has 0 saturated carbocycles. The summed E-state index contributed by atoms with van der Waals surface area (Å²) in [6, 6.07) is 9.82. The number of aromatic nitrogens is 2. The van der Waals surface area contributed by atoms with E-state index in [1.54, 1.807) is 0 Å². The molecule has 1 N–H and O–H groups in total. The van der Waals surface area contributed by atoms with Crippen molar-refractivity contribution in [3.8, 4) is 11.3 Å². The number of aromatic amines is 1. The maximum absolute atomic E-state index is 12.0. The zero-order chi connectivity index (χ0) is 13.8. The molecule has 0 fully saturated rings. The molecule has 0 aliphatic heterocycles. The fourth-order valence-electron chi connectivity index (χ4n) is 1.90. The van der Waals surface area contributed by atoms with Crippen LogP contribution in [0.25, 0.3) is 11.3 Å². The van der Waals surface area contributed by atoms with Gasteiger partial charge in [0.15, 0.2) is 0 Å². The topological polar surface area (TPSA) is 49.0 Å². The van der Waals surface area contributed by atoms with Gasteiger partial charge in [-0.15, -0.1) is 0 Å². The van der Waals surface area contributed by atoms with E-state index in [1.807, 2.05) is 51.4 Å². The molecule has 0 bridgehead atoms. The van der Waals surface area contributed by atoms with E-state index < -0.39 is 0 Å². The third-order valence-corrected chi connectivity index (χ3v) is 3.04. The summed E-state index contributed by atoms with van der Waals surface area (Å²) in [5.74, 6) is 0.739. The van der Waals surface area contributed by atoms with Crippen molar-refractivity contribution in [2.45, 2.75) is 13.3 Å². The monoisotopic (exact) mass is 257 g/mol. The van der Waals surface area contributed by atoms with Crippen molar-refractivity contribution in [3.63, 3.8) is 0 Å². The van der Waals surface area contributed by atoms with Gasteiger partial charge in [-0.1, -0.05) is 30.3 Å². The predicted octanol–water partition coefficient (Wildman–Crippen LogP) is 1.85. The van der Waals surface area contributed by atoms with Crippen LogP contribution in [0.4, 0.5) is 0 Å². The molecule has 0 aliphatic rings. The second kappa shape index (κ2) is 5.80. The Kier molecular flexibility index (Phi) is 4.12. The van der Waals surface area contributed by atoms with Crippen molar-refractivity contribution in [2.24, 2.45) is 0 Å². The minimum atomic E-state index is -0.0531. The first-order valence-corrected chi connectivity index (χ1v) is 6.38. The zero-order valence-corrected chi connectivity index (χ0v) is 11.6. The Balaban J connectivity index is 2.41. The SMILES string of the molecule is Cc1c(-c2ccccc2)nc(CCN(C)C)[nH]c1=O. The van der Waals surface area contributed by atoms with Crippen molar-refractivity contribution in [1.82, 2.24) is 14.9 Å². The van der Waals surface area contributed by atoms with E-state index in [1.165, 1.54) is 0 Å². The van der Waals surface area contributed by atoms with E-state index in [2.05, 4.69) is 14.9 Å². The highest BCUT2D eigenvalue weighted by atomic mass is 16.1. The second-order valence-corrected chi connectivity index (χ2v) is 4.91. The van der Waals surface area contributed by atoms with Crippen LogP contribution in [0.2, 0.25) is 0 Å². The first-order valence-electron chi connectivity index (χ1n) is 6.38. The van der Waals surface area contributed by atoms with Crippen molar-refractivity contribution < 1.29 is 0 Å². The van der Waals surface area contributed by atoms with E-state index in [0.717, 1.165) is 30.0 Å². The highest BCUT2D eigenvalue weighted by molar-refractivity contribution is 5.62. The lowest BCUT2D eigenvalue weighted by atomic mass is 10.1. The molecule has 2 rings (SSSR count). The van der Waals surface area contributed by atoms with E-state index in [4.69, 9.17) is 0 Å². The summed E-state index contributed by atoms with van der Waals surface area (Å²) in [6.45, 7) is 2.67. The van der Waals surface area contributed by atoms with Gasteiger partial charge in [0.2, 0.25) is 0 Å². The standard InChI is InChI=1S/C15H19N3O/c1-11-14(12-7-5-4-6-8-12)16-13(17-15(11)19)9-10-18(2)3/h4-8H,9-10H2,1-3H3,(H,16,17,19). The maximum atomic E-state index is 12.0. The van der Waals surface area contributed by atoms with E-state index >= 15 is 0 Å². The van der Waals surface area contributed by atoms with Crippen molar-refractivity contribution in [2.75, 3.05) is 20.6 Å². The largest absolute Gasteiger partial charge is 0.310 e. The molecule has 0 amide bonds. The van der Waals surface area contributed by atoms with Crippen LogP contribution in [0.1, 0.15) is 11.4 Å². The van der Waals surface area contributed by atoms with Gasteiger partial charge in [0, 0.05) is 24.1 Å². The molecule has 4 heteroatoms. The van der Waals surface area contributed by atoms with Crippen LogP contribution in [0.3, 0.4) is 0 Å². The summed E-state index contributed by atoms with van der Waals surface area (Å²) < 4.78 is 0. The minimum absolute atomic E-state index is 0.0531. The first-order chi connectivity index (χ1) is 9.08. The normalized spacial score (nSPS) is 10.9. The molecule has 4 nitrogen and oxygen atoms in total. The third kappa shape index (κ3) is 3.29.